The van der Waals surface area contributed by atoms with Gasteiger partial charge in [0.15, 0.2) is 11.5 Å². The lowest BCUT2D eigenvalue weighted by atomic mass is 10.1. The first-order chi connectivity index (χ1) is 16.6. The molecule has 0 radical (unpaired) electrons. The highest BCUT2D eigenvalue weighted by Crippen LogP contribution is 2.33. The Labute approximate surface area is 206 Å². The second kappa shape index (κ2) is 10.5. The van der Waals surface area contributed by atoms with Crippen molar-refractivity contribution in [2.24, 2.45) is 7.05 Å². The minimum atomic E-state index is -4.50. The van der Waals surface area contributed by atoms with E-state index in [1.165, 1.54) is 16.4 Å². The molecule has 196 valence electrons. The highest BCUT2D eigenvalue weighted by molar-refractivity contribution is 6.03. The minimum Gasteiger partial charge on any atom is -0.385 e. The third-order valence-electron chi connectivity index (χ3n) is 5.75. The van der Waals surface area contributed by atoms with Gasteiger partial charge in [0.1, 0.15) is 11.7 Å². The zero-order valence-corrected chi connectivity index (χ0v) is 19.7. The van der Waals surface area contributed by atoms with Crippen molar-refractivity contribution in [3.8, 4) is 0 Å². The van der Waals surface area contributed by atoms with Gasteiger partial charge in [0.25, 0.3) is 0 Å². The maximum absolute atomic E-state index is 12.9. The molecule has 1 aliphatic rings. The van der Waals surface area contributed by atoms with Gasteiger partial charge in [0.05, 0.1) is 24.1 Å². The van der Waals surface area contributed by atoms with Gasteiger partial charge in [0.2, 0.25) is 11.9 Å². The fraction of sp³-hybridized carbons (Fsp3) is 0.500. The molecule has 0 aliphatic carbocycles. The molecule has 1 aliphatic heterocycles. The molecule has 4 rings (SSSR count). The molecule has 0 saturated carbocycles. The van der Waals surface area contributed by atoms with E-state index in [9.17, 15) is 18.0 Å². The van der Waals surface area contributed by atoms with Crippen LogP contribution in [0, 0.1) is 6.92 Å². The first-order valence-corrected chi connectivity index (χ1v) is 10.8. The van der Waals surface area contributed by atoms with Crippen molar-refractivity contribution >= 4 is 23.4 Å². The van der Waals surface area contributed by atoms with Crippen molar-refractivity contribution in [2.75, 3.05) is 36.3 Å². The molecular formula is C22H30F3N9O2. The summed E-state index contributed by atoms with van der Waals surface area (Å²) in [6, 6.07) is 0.603. The standard InChI is InChI=1S/C21H26F3N9O2.CH4/c1-12-17-18(31(2)15(5-6-35-4)19(34)28-17)29-20(27-12)25-8-13-9-26-33(10-13)11-14-7-16(21(22,23)24)30-32(14)3;/h7,9-10,15H,5-6,8,11H2,1-4H3,(H,28,34)(H,25,27,29);1H4/t15-;/m1./s1. The zero-order valence-electron chi connectivity index (χ0n) is 19.7. The average Bonchev–Trinajstić information content (AvgIpc) is 3.39. The Morgan fingerprint density at radius 1 is 1.25 bits per heavy atom. The lowest BCUT2D eigenvalue weighted by Gasteiger charge is -2.34. The molecule has 0 aromatic carbocycles. The van der Waals surface area contributed by atoms with Gasteiger partial charge in [0, 0.05) is 52.5 Å². The van der Waals surface area contributed by atoms with Gasteiger partial charge in [-0.25, -0.2) is 4.98 Å². The van der Waals surface area contributed by atoms with Crippen molar-refractivity contribution in [3.05, 3.63) is 41.1 Å². The number of fused-ring (bicyclic) bond motifs is 1. The summed E-state index contributed by atoms with van der Waals surface area (Å²) < 4.78 is 46.5. The Kier molecular flexibility index (Phi) is 7.86. The smallest absolute Gasteiger partial charge is 0.385 e. The second-order valence-corrected chi connectivity index (χ2v) is 8.27. The van der Waals surface area contributed by atoms with Crippen molar-refractivity contribution < 1.29 is 22.7 Å². The number of alkyl halides is 3. The van der Waals surface area contributed by atoms with Gasteiger partial charge < -0.3 is 20.3 Å². The van der Waals surface area contributed by atoms with Crippen LogP contribution in [0.3, 0.4) is 0 Å². The van der Waals surface area contributed by atoms with Gasteiger partial charge in [-0.2, -0.15) is 28.4 Å². The number of rotatable bonds is 8. The van der Waals surface area contributed by atoms with E-state index in [0.29, 0.717) is 48.4 Å². The predicted octanol–water partition coefficient (Wildman–Crippen LogP) is 2.82. The van der Waals surface area contributed by atoms with Gasteiger partial charge >= 0.3 is 6.18 Å². The molecule has 0 bridgehead atoms. The lowest BCUT2D eigenvalue weighted by molar-refractivity contribution is -0.141. The number of nitrogens with one attached hydrogen (secondary N) is 2. The first-order valence-electron chi connectivity index (χ1n) is 10.8. The number of carbonyl (C=O) groups excluding carboxylic acids is 1. The first kappa shape index (κ1) is 26.9. The van der Waals surface area contributed by atoms with E-state index in [4.69, 9.17) is 4.74 Å². The largest absolute Gasteiger partial charge is 0.435 e. The number of aryl methyl sites for hydroxylation is 2. The maximum Gasteiger partial charge on any atom is 0.435 e. The quantitative estimate of drug-likeness (QED) is 0.477. The third-order valence-corrected chi connectivity index (χ3v) is 5.75. The third kappa shape index (κ3) is 5.58. The van der Waals surface area contributed by atoms with Gasteiger partial charge in [-0.3, -0.25) is 14.2 Å². The number of likely N-dealkylation sites (N-methyl/N-ethyl adjacent to an activating group) is 1. The normalized spacial score (nSPS) is 15.4. The number of amides is 1. The molecule has 0 saturated heterocycles. The number of hydrogen-bond acceptors (Lipinski definition) is 8. The summed E-state index contributed by atoms with van der Waals surface area (Å²) in [5, 5.41) is 13.8. The van der Waals surface area contributed by atoms with Crippen LogP contribution >= 0.6 is 0 Å². The van der Waals surface area contributed by atoms with Crippen LogP contribution < -0.4 is 15.5 Å². The second-order valence-electron chi connectivity index (χ2n) is 8.27. The van der Waals surface area contributed by atoms with Crippen LogP contribution in [0.4, 0.5) is 30.6 Å². The highest BCUT2D eigenvalue weighted by atomic mass is 19.4. The van der Waals surface area contributed by atoms with E-state index in [0.717, 1.165) is 11.6 Å². The molecule has 14 heteroatoms. The molecule has 1 atom stereocenters. The van der Waals surface area contributed by atoms with Gasteiger partial charge in [-0.1, -0.05) is 7.43 Å². The summed E-state index contributed by atoms with van der Waals surface area (Å²) in [7, 11) is 4.86. The van der Waals surface area contributed by atoms with Crippen LogP contribution in [0.15, 0.2) is 18.5 Å². The van der Waals surface area contributed by atoms with E-state index in [1.807, 2.05) is 4.90 Å². The number of carbonyl (C=O) groups is 1. The average molecular weight is 510 g/mol. The van der Waals surface area contributed by atoms with E-state index in [1.54, 1.807) is 33.5 Å². The number of anilines is 3. The summed E-state index contributed by atoms with van der Waals surface area (Å²) in [6.45, 7) is 2.71. The Balaban J connectivity index is 0.00000361. The summed E-state index contributed by atoms with van der Waals surface area (Å²) in [5.41, 5.74) is 1.42. The molecule has 2 N–H and O–H groups in total. The molecule has 11 nitrogen and oxygen atoms in total. The van der Waals surface area contributed by atoms with Crippen molar-refractivity contribution in [1.82, 2.24) is 29.5 Å². The predicted molar refractivity (Wildman–Crippen MR) is 128 cm³/mol. The summed E-state index contributed by atoms with van der Waals surface area (Å²) in [4.78, 5) is 23.3. The molecule has 0 fully saturated rings. The summed E-state index contributed by atoms with van der Waals surface area (Å²) in [5.74, 6) is 0.852. The molecule has 1 amide bonds. The van der Waals surface area contributed by atoms with E-state index < -0.39 is 17.9 Å². The molecule has 3 aromatic heterocycles. The van der Waals surface area contributed by atoms with Crippen LogP contribution in [0.1, 0.15) is 36.5 Å². The number of halogens is 3. The molecular weight excluding hydrogens is 479 g/mol. The Bertz CT molecular complexity index is 1220. The van der Waals surface area contributed by atoms with Crippen molar-refractivity contribution in [2.45, 2.75) is 46.1 Å². The topological polar surface area (TPSA) is 115 Å². The van der Waals surface area contributed by atoms with Crippen LogP contribution in [0.25, 0.3) is 0 Å². The molecule has 0 unspecified atom stereocenters. The lowest BCUT2D eigenvalue weighted by Crippen LogP contribution is -2.47. The van der Waals surface area contributed by atoms with Crippen LogP contribution in [0.5, 0.6) is 0 Å². The molecule has 3 aromatic rings. The van der Waals surface area contributed by atoms with Gasteiger partial charge in [-0.05, 0) is 13.0 Å². The van der Waals surface area contributed by atoms with Crippen LogP contribution in [-0.2, 0) is 35.8 Å². The Morgan fingerprint density at radius 3 is 2.67 bits per heavy atom. The van der Waals surface area contributed by atoms with E-state index in [-0.39, 0.29) is 19.9 Å². The number of aromatic nitrogens is 6. The van der Waals surface area contributed by atoms with E-state index in [2.05, 4.69) is 30.8 Å². The highest BCUT2D eigenvalue weighted by Gasteiger charge is 2.35. The monoisotopic (exact) mass is 509 g/mol. The van der Waals surface area contributed by atoms with Crippen molar-refractivity contribution in [1.29, 1.82) is 0 Å². The minimum absolute atomic E-state index is 0. The van der Waals surface area contributed by atoms with Crippen LogP contribution in [0.2, 0.25) is 0 Å². The number of ether oxygens (including phenoxy) is 1. The molecule has 36 heavy (non-hydrogen) atoms. The molecule has 0 spiro atoms. The number of methoxy groups -OCH3 is 1. The summed E-state index contributed by atoms with van der Waals surface area (Å²) in [6.07, 6.45) is -0.634. The fourth-order valence-corrected chi connectivity index (χ4v) is 3.85. The van der Waals surface area contributed by atoms with E-state index >= 15 is 0 Å². The number of hydrogen-bond donors (Lipinski definition) is 2. The zero-order chi connectivity index (χ0) is 25.3. The SMILES string of the molecule is C.COCC[C@@H]1C(=O)Nc2c(C)nc(NCc3cnn(Cc4cc(C(F)(F)F)nn4C)c3)nc2N1C. The van der Waals surface area contributed by atoms with Gasteiger partial charge in [-0.15, -0.1) is 0 Å². The maximum atomic E-state index is 12.9. The number of nitrogens with zero attached hydrogens (tertiary/aromatic N) is 7. The Hall–Kier alpha value is -3.68. The Morgan fingerprint density at radius 2 is 2.00 bits per heavy atom. The summed E-state index contributed by atoms with van der Waals surface area (Å²) >= 11 is 0. The molecule has 4 heterocycles. The van der Waals surface area contributed by atoms with Crippen LogP contribution in [-0.4, -0.2) is 62.2 Å². The fourth-order valence-electron chi connectivity index (χ4n) is 3.85. The van der Waals surface area contributed by atoms with Crippen molar-refractivity contribution in [3.63, 3.8) is 0 Å².